The number of rotatable bonds is 8. The summed E-state index contributed by atoms with van der Waals surface area (Å²) >= 11 is 0. The molecule has 190 valence electrons. The molecule has 0 aliphatic rings. The summed E-state index contributed by atoms with van der Waals surface area (Å²) in [5.41, 5.74) is 0.273. The third-order valence-electron chi connectivity index (χ3n) is 9.73. The van der Waals surface area contributed by atoms with Gasteiger partial charge in [-0.15, -0.1) is 0 Å². The molecule has 0 aromatic heterocycles. The summed E-state index contributed by atoms with van der Waals surface area (Å²) in [5, 5.41) is 3.12. The fourth-order valence-electron chi connectivity index (χ4n) is 4.57. The van der Waals surface area contributed by atoms with Crippen molar-refractivity contribution in [1.82, 2.24) is 0 Å². The molecule has 0 heterocycles. The molecular weight excluding hydrogens is 453 g/mol. The maximum atomic E-state index is 7.56. The van der Waals surface area contributed by atoms with Gasteiger partial charge in [-0.25, -0.2) is 0 Å². The molecule has 0 spiro atoms. The van der Waals surface area contributed by atoms with E-state index in [0.717, 1.165) is 0 Å². The van der Waals surface area contributed by atoms with Crippen molar-refractivity contribution >= 4 is 35.1 Å². The Kier molecular flexibility index (Phi) is 8.51. The molecule has 0 N–H and O–H groups in total. The van der Waals surface area contributed by atoms with Crippen molar-refractivity contribution in [2.24, 2.45) is 0 Å². The summed E-state index contributed by atoms with van der Waals surface area (Å²) in [4.78, 5) is 0. The summed E-state index contributed by atoms with van der Waals surface area (Å²) in [5.74, 6) is 0. The van der Waals surface area contributed by atoms with Crippen molar-refractivity contribution < 1.29 is 8.85 Å². The van der Waals surface area contributed by atoms with E-state index >= 15 is 0 Å². The van der Waals surface area contributed by atoms with Gasteiger partial charge in [0.15, 0.2) is 0 Å². The van der Waals surface area contributed by atoms with Crippen LogP contribution >= 0.6 is 0 Å². The fourth-order valence-corrected chi connectivity index (χ4v) is 16.1. The Balaban J connectivity index is 2.75. The topological polar surface area (TPSA) is 18.5 Å². The normalized spacial score (nSPS) is 17.3. The Labute approximate surface area is 207 Å². The Morgan fingerprint density at radius 1 is 0.576 bits per heavy atom. The van der Waals surface area contributed by atoms with Crippen LogP contribution in [0.2, 0.25) is 36.3 Å². The molecule has 0 amide bonds. The second-order valence-electron chi connectivity index (χ2n) is 13.8. The van der Waals surface area contributed by atoms with Gasteiger partial charge in [0, 0.05) is 0 Å². The van der Waals surface area contributed by atoms with Crippen molar-refractivity contribution in [3.05, 3.63) is 60.7 Å². The molecule has 0 aliphatic carbocycles. The van der Waals surface area contributed by atoms with Crippen molar-refractivity contribution in [2.45, 2.75) is 103 Å². The van der Waals surface area contributed by atoms with Gasteiger partial charge in [-0.1, -0.05) is 0 Å². The quantitative estimate of drug-likeness (QED) is 0.391. The Bertz CT molecular complexity index is 841. The molecule has 2 rings (SSSR count). The molecule has 0 saturated heterocycles. The van der Waals surface area contributed by atoms with Crippen LogP contribution in [0.25, 0.3) is 0 Å². The van der Waals surface area contributed by atoms with Crippen LogP contribution in [0, 0.1) is 0 Å². The molecular formula is C28H51O2Si3-3. The minimum absolute atomic E-state index is 0.0403. The van der Waals surface area contributed by atoms with Gasteiger partial charge < -0.3 is 0 Å². The van der Waals surface area contributed by atoms with Gasteiger partial charge in [0.05, 0.1) is 0 Å². The van der Waals surface area contributed by atoms with E-state index in [1.54, 1.807) is 0 Å². The third-order valence-corrected chi connectivity index (χ3v) is 27.7. The monoisotopic (exact) mass is 503 g/mol. The zero-order valence-corrected chi connectivity index (χ0v) is 26.9. The molecule has 2 unspecified atom stereocenters. The molecule has 2 aromatic carbocycles. The standard InChI is InChI=1S/C28H51O2Si3/c1-23(31(9,10)27(3,4)5)30-33(25-19-15-13-16-20-25,26-21-17-14-18-22-26)24(2)29-32(11,12)28(6,7)8/h13-24,31-33H,1-12H3/q-3. The van der Waals surface area contributed by atoms with Crippen LogP contribution in [-0.4, -0.2) is 36.2 Å². The summed E-state index contributed by atoms with van der Waals surface area (Å²) in [6.07, 6.45) is 0. The van der Waals surface area contributed by atoms with Gasteiger partial charge in [-0.3, -0.25) is 0 Å². The molecule has 2 aromatic rings. The van der Waals surface area contributed by atoms with Crippen molar-refractivity contribution in [3.8, 4) is 0 Å². The van der Waals surface area contributed by atoms with Gasteiger partial charge in [0.1, 0.15) is 0 Å². The molecule has 2 atom stereocenters. The molecule has 2 nitrogen and oxygen atoms in total. The zero-order valence-electron chi connectivity index (χ0n) is 23.5. The zero-order chi connectivity index (χ0) is 25.3. The van der Waals surface area contributed by atoms with Crippen LogP contribution in [0.15, 0.2) is 60.7 Å². The molecule has 0 fully saturated rings. The van der Waals surface area contributed by atoms with Crippen LogP contribution in [0.4, 0.5) is 0 Å². The van der Waals surface area contributed by atoms with Crippen molar-refractivity contribution in [1.29, 1.82) is 0 Å². The first-order valence-electron chi connectivity index (χ1n) is 13.0. The number of benzene rings is 2. The molecule has 5 heteroatoms. The average Bonchev–Trinajstić information content (AvgIpc) is 2.71. The van der Waals surface area contributed by atoms with Gasteiger partial charge in [-0.05, 0) is 0 Å². The van der Waals surface area contributed by atoms with E-state index in [1.807, 2.05) is 0 Å². The predicted molar refractivity (Wildman–Crippen MR) is 158 cm³/mol. The number of hydrogen-bond acceptors (Lipinski definition) is 2. The Morgan fingerprint density at radius 3 is 1.30 bits per heavy atom. The summed E-state index contributed by atoms with van der Waals surface area (Å²) < 4.78 is 14.8. The Hall–Kier alpha value is -0.989. The van der Waals surface area contributed by atoms with Crippen LogP contribution in [0.3, 0.4) is 0 Å². The van der Waals surface area contributed by atoms with E-state index in [0.29, 0.717) is 0 Å². The summed E-state index contributed by atoms with van der Waals surface area (Å²) in [6.45, 7) is 28.6. The average molecular weight is 504 g/mol. The van der Waals surface area contributed by atoms with E-state index in [2.05, 4.69) is 142 Å². The van der Waals surface area contributed by atoms with Gasteiger partial charge in [0.2, 0.25) is 0 Å². The fraction of sp³-hybridized carbons (Fsp3) is 0.571. The van der Waals surface area contributed by atoms with E-state index in [1.165, 1.54) is 10.4 Å². The van der Waals surface area contributed by atoms with Crippen LogP contribution in [0.1, 0.15) is 55.4 Å². The molecule has 33 heavy (non-hydrogen) atoms. The molecule has 0 radical (unpaired) electrons. The van der Waals surface area contributed by atoms with Crippen molar-refractivity contribution in [2.75, 3.05) is 0 Å². The summed E-state index contributed by atoms with van der Waals surface area (Å²) in [6, 6.07) is 22.0. The first kappa shape index (κ1) is 28.2. The summed E-state index contributed by atoms with van der Waals surface area (Å²) in [7, 11) is -7.58. The van der Waals surface area contributed by atoms with Crippen LogP contribution in [-0.2, 0) is 8.85 Å². The van der Waals surface area contributed by atoms with Gasteiger partial charge >= 0.3 is 208 Å². The van der Waals surface area contributed by atoms with Gasteiger partial charge in [-0.2, -0.15) is 0 Å². The maximum absolute atomic E-state index is 7.56. The van der Waals surface area contributed by atoms with E-state index < -0.39 is 24.7 Å². The van der Waals surface area contributed by atoms with Crippen molar-refractivity contribution in [3.63, 3.8) is 0 Å². The van der Waals surface area contributed by atoms with E-state index in [4.69, 9.17) is 8.85 Å². The van der Waals surface area contributed by atoms with Gasteiger partial charge in [0.25, 0.3) is 0 Å². The molecule has 0 saturated carbocycles. The van der Waals surface area contributed by atoms with E-state index in [9.17, 15) is 0 Å². The third kappa shape index (κ3) is 5.81. The predicted octanol–water partition coefficient (Wildman–Crippen LogP) is 6.35. The minimum atomic E-state index is -3.14. The first-order valence-corrected chi connectivity index (χ1v) is 22.3. The number of hydrogen-bond donors (Lipinski definition) is 0. The molecule has 0 bridgehead atoms. The van der Waals surface area contributed by atoms with Crippen LogP contribution in [0.5, 0.6) is 0 Å². The van der Waals surface area contributed by atoms with Crippen LogP contribution < -0.4 is 10.4 Å². The Morgan fingerprint density at radius 2 is 0.970 bits per heavy atom. The second kappa shape index (κ2) is 9.94. The second-order valence-corrected chi connectivity index (χ2v) is 30.2. The SMILES string of the molecule is CC(O[SiH-](C)(C)C(C)(C)C)[SiH-](OC(C)[SiH-](C)(C)C(C)(C)C)(c1ccccc1)c1ccccc1. The first-order chi connectivity index (χ1) is 15.0. The molecule has 0 aliphatic heterocycles. The van der Waals surface area contributed by atoms with E-state index in [-0.39, 0.29) is 21.5 Å².